The Labute approximate surface area is 145 Å². The number of thioether (sulfide) groups is 1. The number of aryl methyl sites for hydroxylation is 1. The molecule has 0 aliphatic heterocycles. The molecule has 24 heavy (non-hydrogen) atoms. The maximum Gasteiger partial charge on any atom is 0.174 e. The summed E-state index contributed by atoms with van der Waals surface area (Å²) in [5.74, 6) is 0.477. The summed E-state index contributed by atoms with van der Waals surface area (Å²) in [7, 11) is 0. The number of aromatic nitrogens is 3. The van der Waals surface area contributed by atoms with Gasteiger partial charge in [0, 0.05) is 28.9 Å². The Hall–Kier alpha value is -2.40. The summed E-state index contributed by atoms with van der Waals surface area (Å²) < 4.78 is 2.10. The molecule has 4 nitrogen and oxygen atoms in total. The Morgan fingerprint density at radius 2 is 2.08 bits per heavy atom. The van der Waals surface area contributed by atoms with Crippen molar-refractivity contribution in [2.24, 2.45) is 0 Å². The van der Waals surface area contributed by atoms with E-state index in [1.165, 1.54) is 11.8 Å². The van der Waals surface area contributed by atoms with Gasteiger partial charge < -0.3 is 4.57 Å². The molecule has 0 N–H and O–H groups in total. The van der Waals surface area contributed by atoms with Gasteiger partial charge in [0.1, 0.15) is 11.4 Å². The van der Waals surface area contributed by atoms with Crippen LogP contribution in [0.15, 0.2) is 54.3 Å². The quantitative estimate of drug-likeness (QED) is 0.293. The maximum atomic E-state index is 12.6. The number of hydrogen-bond acceptors (Lipinski definition) is 4. The zero-order valence-electron chi connectivity index (χ0n) is 13.8. The zero-order chi connectivity index (χ0) is 17.1. The summed E-state index contributed by atoms with van der Waals surface area (Å²) in [4.78, 5) is 21.2. The SMILES string of the molecule is C=CCn1c(C)cc(C(=O)CSc2ncnc3ccccc23)c1C. The fraction of sp³-hybridized carbons (Fsp3) is 0.211. The summed E-state index contributed by atoms with van der Waals surface area (Å²) in [6.45, 7) is 8.48. The van der Waals surface area contributed by atoms with Crippen molar-refractivity contribution in [3.8, 4) is 0 Å². The molecule has 5 heteroatoms. The molecule has 0 aliphatic rings. The Bertz CT molecular complexity index is 909. The predicted molar refractivity (Wildman–Crippen MR) is 98.7 cm³/mol. The normalized spacial score (nSPS) is 10.9. The van der Waals surface area contributed by atoms with E-state index in [1.807, 2.05) is 50.3 Å². The first-order chi connectivity index (χ1) is 11.6. The summed E-state index contributed by atoms with van der Waals surface area (Å²) in [5, 5.41) is 1.82. The standard InChI is InChI=1S/C19H19N3OS/c1-4-9-22-13(2)10-16(14(22)3)18(23)11-24-19-15-7-5-6-8-17(15)20-12-21-19/h4-8,10,12H,1,9,11H2,2-3H3. The highest BCUT2D eigenvalue weighted by atomic mass is 32.2. The largest absolute Gasteiger partial charge is 0.345 e. The number of carbonyl (C=O) groups excluding carboxylic acids is 1. The van der Waals surface area contributed by atoms with Crippen LogP contribution in [0.2, 0.25) is 0 Å². The molecular formula is C19H19N3OS. The van der Waals surface area contributed by atoms with Crippen molar-refractivity contribution in [3.05, 3.63) is 66.3 Å². The lowest BCUT2D eigenvalue weighted by Crippen LogP contribution is -2.06. The molecule has 0 radical (unpaired) electrons. The molecule has 0 aliphatic carbocycles. The molecule has 0 saturated heterocycles. The van der Waals surface area contributed by atoms with E-state index in [1.54, 1.807) is 6.33 Å². The minimum Gasteiger partial charge on any atom is -0.345 e. The smallest absolute Gasteiger partial charge is 0.174 e. The van der Waals surface area contributed by atoms with Gasteiger partial charge in [-0.2, -0.15) is 0 Å². The van der Waals surface area contributed by atoms with Gasteiger partial charge in [-0.25, -0.2) is 9.97 Å². The lowest BCUT2D eigenvalue weighted by Gasteiger charge is -2.06. The summed E-state index contributed by atoms with van der Waals surface area (Å²) in [6, 6.07) is 9.80. The molecule has 0 saturated carbocycles. The topological polar surface area (TPSA) is 47.8 Å². The van der Waals surface area contributed by atoms with E-state index in [2.05, 4.69) is 21.1 Å². The van der Waals surface area contributed by atoms with Crippen molar-refractivity contribution >= 4 is 28.4 Å². The Morgan fingerprint density at radius 1 is 1.29 bits per heavy atom. The van der Waals surface area contributed by atoms with Crippen LogP contribution in [0.1, 0.15) is 21.7 Å². The lowest BCUT2D eigenvalue weighted by molar-refractivity contribution is 0.102. The zero-order valence-corrected chi connectivity index (χ0v) is 14.6. The second-order valence-corrected chi connectivity index (χ2v) is 6.56. The van der Waals surface area contributed by atoms with E-state index >= 15 is 0 Å². The monoisotopic (exact) mass is 337 g/mol. The first kappa shape index (κ1) is 16.5. The number of rotatable bonds is 6. The van der Waals surface area contributed by atoms with Gasteiger partial charge in [-0.1, -0.05) is 36.0 Å². The first-order valence-corrected chi connectivity index (χ1v) is 8.73. The minimum atomic E-state index is 0.117. The van der Waals surface area contributed by atoms with E-state index in [0.717, 1.165) is 32.9 Å². The van der Waals surface area contributed by atoms with Gasteiger partial charge >= 0.3 is 0 Å². The van der Waals surface area contributed by atoms with E-state index in [9.17, 15) is 4.79 Å². The maximum absolute atomic E-state index is 12.6. The van der Waals surface area contributed by atoms with Crippen molar-refractivity contribution in [1.29, 1.82) is 0 Å². The summed E-state index contributed by atoms with van der Waals surface area (Å²) in [6.07, 6.45) is 3.39. The van der Waals surface area contributed by atoms with Crippen LogP contribution in [0.5, 0.6) is 0 Å². The molecule has 3 aromatic rings. The Balaban J connectivity index is 1.81. The number of carbonyl (C=O) groups is 1. The van der Waals surface area contributed by atoms with Gasteiger partial charge in [-0.15, -0.1) is 6.58 Å². The van der Waals surface area contributed by atoms with Gasteiger partial charge in [0.15, 0.2) is 5.78 Å². The number of Topliss-reactive ketones (excluding diaryl/α,β-unsaturated/α-hetero) is 1. The fourth-order valence-electron chi connectivity index (χ4n) is 2.80. The minimum absolute atomic E-state index is 0.117. The summed E-state index contributed by atoms with van der Waals surface area (Å²) >= 11 is 1.46. The molecule has 0 unspecified atom stereocenters. The van der Waals surface area contributed by atoms with E-state index in [0.29, 0.717) is 12.3 Å². The second-order valence-electron chi connectivity index (χ2n) is 5.59. The number of nitrogens with zero attached hydrogens (tertiary/aromatic N) is 3. The number of para-hydroxylation sites is 1. The van der Waals surface area contributed by atoms with Gasteiger partial charge in [0.2, 0.25) is 0 Å². The number of hydrogen-bond donors (Lipinski definition) is 0. The third-order valence-electron chi connectivity index (χ3n) is 4.03. The number of ketones is 1. The van der Waals surface area contributed by atoms with Crippen molar-refractivity contribution in [2.75, 3.05) is 5.75 Å². The van der Waals surface area contributed by atoms with Crippen molar-refractivity contribution in [1.82, 2.24) is 14.5 Å². The second kappa shape index (κ2) is 7.01. The van der Waals surface area contributed by atoms with Crippen LogP contribution >= 0.6 is 11.8 Å². The third-order valence-corrected chi connectivity index (χ3v) is 5.04. The van der Waals surface area contributed by atoms with Crippen LogP contribution in [-0.4, -0.2) is 26.1 Å². The predicted octanol–water partition coefficient (Wildman–Crippen LogP) is 4.21. The van der Waals surface area contributed by atoms with Crippen LogP contribution in [0.4, 0.5) is 0 Å². The van der Waals surface area contributed by atoms with Crippen molar-refractivity contribution < 1.29 is 4.79 Å². The molecule has 122 valence electrons. The van der Waals surface area contributed by atoms with Crippen LogP contribution in [0.3, 0.4) is 0 Å². The van der Waals surface area contributed by atoms with Crippen LogP contribution in [0, 0.1) is 13.8 Å². The highest BCUT2D eigenvalue weighted by Crippen LogP contribution is 2.26. The van der Waals surface area contributed by atoms with Gasteiger partial charge in [0.05, 0.1) is 11.3 Å². The molecule has 0 amide bonds. The fourth-order valence-corrected chi connectivity index (χ4v) is 3.67. The average Bonchev–Trinajstić information content (AvgIpc) is 2.88. The molecular weight excluding hydrogens is 318 g/mol. The number of benzene rings is 1. The van der Waals surface area contributed by atoms with E-state index in [4.69, 9.17) is 0 Å². The molecule has 0 atom stereocenters. The first-order valence-electron chi connectivity index (χ1n) is 7.75. The van der Waals surface area contributed by atoms with E-state index < -0.39 is 0 Å². The lowest BCUT2D eigenvalue weighted by atomic mass is 10.2. The molecule has 1 aromatic carbocycles. The molecule has 2 heterocycles. The molecule has 2 aromatic heterocycles. The highest BCUT2D eigenvalue weighted by molar-refractivity contribution is 8.00. The highest BCUT2D eigenvalue weighted by Gasteiger charge is 2.16. The van der Waals surface area contributed by atoms with Crippen molar-refractivity contribution in [2.45, 2.75) is 25.4 Å². The molecule has 0 fully saturated rings. The molecule has 0 spiro atoms. The van der Waals surface area contributed by atoms with Gasteiger partial charge in [-0.05, 0) is 26.0 Å². The van der Waals surface area contributed by atoms with Gasteiger partial charge in [-0.3, -0.25) is 4.79 Å². The average molecular weight is 337 g/mol. The Kier molecular flexibility index (Phi) is 4.81. The number of allylic oxidation sites excluding steroid dienone is 1. The van der Waals surface area contributed by atoms with Crippen LogP contribution in [-0.2, 0) is 6.54 Å². The van der Waals surface area contributed by atoms with Crippen LogP contribution in [0.25, 0.3) is 10.9 Å². The Morgan fingerprint density at radius 3 is 2.88 bits per heavy atom. The van der Waals surface area contributed by atoms with Crippen molar-refractivity contribution in [3.63, 3.8) is 0 Å². The van der Waals surface area contributed by atoms with Crippen LogP contribution < -0.4 is 0 Å². The molecule has 0 bridgehead atoms. The van der Waals surface area contributed by atoms with E-state index in [-0.39, 0.29) is 5.78 Å². The number of fused-ring (bicyclic) bond motifs is 1. The molecule has 3 rings (SSSR count). The summed E-state index contributed by atoms with van der Waals surface area (Å²) in [5.41, 5.74) is 3.74. The van der Waals surface area contributed by atoms with Gasteiger partial charge in [0.25, 0.3) is 0 Å². The third kappa shape index (κ3) is 3.12.